The molecule has 0 aromatic rings. The van der Waals surface area contributed by atoms with Crippen LogP contribution in [-0.4, -0.2) is 99.2 Å². The molecule has 7 atom stereocenters. The van der Waals surface area contributed by atoms with Crippen LogP contribution in [0.25, 0.3) is 0 Å². The lowest BCUT2D eigenvalue weighted by atomic mass is 9.99. The van der Waals surface area contributed by atoms with Crippen molar-refractivity contribution in [3.63, 3.8) is 0 Å². The standard InChI is InChI=1S/C51H103NO9/c1-4-6-8-10-12-14-16-18-19-20-21-22-23-24-25-26-27-28-30-32-34-36-38-40-49(58)52-45(43-60-51(47(57)41-53)61-48(42-54)44(3)55)50(59)46(56)39-37-35-33-31-29-17-15-13-11-9-7-5-2/h44-48,50-51,53-57,59H,4-43H2,1-3H3,(H,52,58)/t44-,45+,46-,47+,48?,50+,51+/m1/s1. The zero-order valence-corrected chi connectivity index (χ0v) is 40.2. The quantitative estimate of drug-likeness (QED) is 0.0232. The number of unbranched alkanes of at least 4 members (excludes halogenated alkanes) is 33. The number of carbonyl (C=O) groups excluding carboxylic acids is 1. The fourth-order valence-electron chi connectivity index (χ4n) is 8.22. The van der Waals surface area contributed by atoms with Crippen molar-refractivity contribution in [3.05, 3.63) is 0 Å². The van der Waals surface area contributed by atoms with Gasteiger partial charge in [-0.2, -0.15) is 0 Å². The Kier molecular flexibility index (Phi) is 45.1. The van der Waals surface area contributed by atoms with E-state index in [1.807, 2.05) is 0 Å². The molecule has 0 bridgehead atoms. The van der Waals surface area contributed by atoms with Crippen LogP contribution < -0.4 is 5.32 Å². The zero-order valence-electron chi connectivity index (χ0n) is 40.2. The highest BCUT2D eigenvalue weighted by atomic mass is 16.7. The van der Waals surface area contributed by atoms with Crippen molar-refractivity contribution in [2.24, 2.45) is 0 Å². The van der Waals surface area contributed by atoms with Gasteiger partial charge in [0.05, 0.1) is 38.1 Å². The Morgan fingerprint density at radius 3 is 1.15 bits per heavy atom. The average Bonchev–Trinajstić information content (AvgIpc) is 3.25. The second-order valence-corrected chi connectivity index (χ2v) is 18.5. The van der Waals surface area contributed by atoms with E-state index in [1.165, 1.54) is 180 Å². The van der Waals surface area contributed by atoms with Gasteiger partial charge in [0.15, 0.2) is 6.29 Å². The molecule has 0 fully saturated rings. The Hall–Kier alpha value is -0.850. The predicted octanol–water partition coefficient (Wildman–Crippen LogP) is 11.1. The zero-order chi connectivity index (χ0) is 45.0. The van der Waals surface area contributed by atoms with E-state index in [2.05, 4.69) is 19.2 Å². The molecular formula is C51H103NO9. The van der Waals surface area contributed by atoms with Crippen LogP contribution in [-0.2, 0) is 14.3 Å². The van der Waals surface area contributed by atoms with Gasteiger partial charge in [-0.15, -0.1) is 0 Å². The molecule has 10 nitrogen and oxygen atoms in total. The van der Waals surface area contributed by atoms with Gasteiger partial charge in [-0.05, 0) is 19.8 Å². The van der Waals surface area contributed by atoms with Gasteiger partial charge in [-0.1, -0.05) is 232 Å². The SMILES string of the molecule is CCCCCCCCCCCCCCCCCCCCCCCCCC(=O)N[C@@H](CO[C@@H](OC(CO)[C@@H](C)O)[C@@H](O)CO)[C@H](O)[C@H](O)CCCCCCCCCCCCCC. The number of hydrogen-bond acceptors (Lipinski definition) is 9. The number of hydrogen-bond donors (Lipinski definition) is 7. The fraction of sp³-hybridized carbons (Fsp3) is 0.980. The third kappa shape index (κ3) is 38.2. The van der Waals surface area contributed by atoms with Crippen LogP contribution in [0.5, 0.6) is 0 Å². The number of carbonyl (C=O) groups is 1. The van der Waals surface area contributed by atoms with E-state index in [0.29, 0.717) is 6.42 Å². The molecule has 7 N–H and O–H groups in total. The van der Waals surface area contributed by atoms with Gasteiger partial charge in [0.2, 0.25) is 5.91 Å². The van der Waals surface area contributed by atoms with Crippen molar-refractivity contribution in [1.82, 2.24) is 5.32 Å². The topological polar surface area (TPSA) is 169 Å². The monoisotopic (exact) mass is 874 g/mol. The van der Waals surface area contributed by atoms with E-state index in [1.54, 1.807) is 0 Å². The molecule has 0 aromatic heterocycles. The Balaban J connectivity index is 4.45. The summed E-state index contributed by atoms with van der Waals surface area (Å²) in [7, 11) is 0. The summed E-state index contributed by atoms with van der Waals surface area (Å²) < 4.78 is 11.3. The molecule has 0 radical (unpaired) electrons. The number of aliphatic hydroxyl groups excluding tert-OH is 6. The molecule has 0 spiro atoms. The number of rotatable bonds is 49. The summed E-state index contributed by atoms with van der Waals surface area (Å²) in [5.41, 5.74) is 0. The van der Waals surface area contributed by atoms with Crippen LogP contribution >= 0.6 is 0 Å². The van der Waals surface area contributed by atoms with Crippen LogP contribution in [0.2, 0.25) is 0 Å². The van der Waals surface area contributed by atoms with E-state index in [0.717, 1.165) is 51.4 Å². The van der Waals surface area contributed by atoms with E-state index in [9.17, 15) is 35.4 Å². The first-order valence-electron chi connectivity index (χ1n) is 26.2. The highest BCUT2D eigenvalue weighted by Crippen LogP contribution is 2.19. The molecule has 0 saturated carbocycles. The maximum absolute atomic E-state index is 13.1. The lowest BCUT2D eigenvalue weighted by molar-refractivity contribution is -0.244. The van der Waals surface area contributed by atoms with Crippen LogP contribution in [0.15, 0.2) is 0 Å². The van der Waals surface area contributed by atoms with E-state index < -0.39 is 56.1 Å². The third-order valence-corrected chi connectivity index (χ3v) is 12.5. The van der Waals surface area contributed by atoms with Crippen LogP contribution in [0.3, 0.4) is 0 Å². The number of amides is 1. The molecule has 0 saturated heterocycles. The molecule has 0 heterocycles. The van der Waals surface area contributed by atoms with Crippen LogP contribution in [0.4, 0.5) is 0 Å². The molecule has 0 aliphatic carbocycles. The Bertz CT molecular complexity index is 896. The van der Waals surface area contributed by atoms with Gasteiger partial charge < -0.3 is 45.4 Å². The third-order valence-electron chi connectivity index (χ3n) is 12.5. The molecule has 0 aliphatic rings. The summed E-state index contributed by atoms with van der Waals surface area (Å²) in [6.07, 6.45) is 37.5. The van der Waals surface area contributed by atoms with Crippen molar-refractivity contribution in [1.29, 1.82) is 0 Å². The minimum absolute atomic E-state index is 0.258. The summed E-state index contributed by atoms with van der Waals surface area (Å²) in [5.74, 6) is -0.258. The molecule has 10 heteroatoms. The Labute approximate surface area is 376 Å². The lowest BCUT2D eigenvalue weighted by Crippen LogP contribution is -2.52. The van der Waals surface area contributed by atoms with Gasteiger partial charge in [0, 0.05) is 6.42 Å². The molecule has 61 heavy (non-hydrogen) atoms. The van der Waals surface area contributed by atoms with Crippen LogP contribution in [0.1, 0.15) is 258 Å². The summed E-state index contributed by atoms with van der Waals surface area (Å²) in [6.45, 7) is 4.37. The van der Waals surface area contributed by atoms with Crippen molar-refractivity contribution in [3.8, 4) is 0 Å². The second-order valence-electron chi connectivity index (χ2n) is 18.5. The molecule has 1 unspecified atom stereocenters. The van der Waals surface area contributed by atoms with Crippen molar-refractivity contribution < 1.29 is 44.9 Å². The Morgan fingerprint density at radius 2 is 0.820 bits per heavy atom. The highest BCUT2D eigenvalue weighted by Gasteiger charge is 2.32. The molecule has 0 rings (SSSR count). The Morgan fingerprint density at radius 1 is 0.475 bits per heavy atom. The highest BCUT2D eigenvalue weighted by molar-refractivity contribution is 5.76. The number of nitrogens with one attached hydrogen (secondary N) is 1. The van der Waals surface area contributed by atoms with Gasteiger partial charge in [0.25, 0.3) is 0 Å². The van der Waals surface area contributed by atoms with Crippen molar-refractivity contribution in [2.45, 2.75) is 301 Å². The number of aliphatic hydroxyl groups is 6. The van der Waals surface area contributed by atoms with Gasteiger partial charge >= 0.3 is 0 Å². The summed E-state index contributed by atoms with van der Waals surface area (Å²) in [6, 6.07) is -1.000. The second kappa shape index (κ2) is 45.7. The maximum atomic E-state index is 13.1. The van der Waals surface area contributed by atoms with E-state index in [-0.39, 0.29) is 18.9 Å². The molecule has 366 valence electrons. The normalized spacial score (nSPS) is 15.4. The van der Waals surface area contributed by atoms with E-state index >= 15 is 0 Å². The summed E-state index contributed by atoms with van der Waals surface area (Å²) in [5, 5.41) is 64.5. The molecular weight excluding hydrogens is 771 g/mol. The lowest BCUT2D eigenvalue weighted by Gasteiger charge is -2.32. The van der Waals surface area contributed by atoms with Gasteiger partial charge in [-0.25, -0.2) is 0 Å². The fourth-order valence-corrected chi connectivity index (χ4v) is 8.22. The first-order chi connectivity index (χ1) is 29.7. The largest absolute Gasteiger partial charge is 0.394 e. The number of ether oxygens (including phenoxy) is 2. The maximum Gasteiger partial charge on any atom is 0.220 e. The minimum Gasteiger partial charge on any atom is -0.394 e. The van der Waals surface area contributed by atoms with E-state index in [4.69, 9.17) is 9.47 Å². The first kappa shape index (κ1) is 60.2. The van der Waals surface area contributed by atoms with Gasteiger partial charge in [-0.3, -0.25) is 4.79 Å². The van der Waals surface area contributed by atoms with Crippen LogP contribution in [0, 0.1) is 0 Å². The predicted molar refractivity (Wildman–Crippen MR) is 253 cm³/mol. The molecule has 0 aliphatic heterocycles. The smallest absolute Gasteiger partial charge is 0.220 e. The van der Waals surface area contributed by atoms with Crippen molar-refractivity contribution >= 4 is 5.91 Å². The summed E-state index contributed by atoms with van der Waals surface area (Å²) in [4.78, 5) is 13.1. The first-order valence-corrected chi connectivity index (χ1v) is 26.2. The molecule has 1 amide bonds. The molecule has 0 aromatic carbocycles. The minimum atomic E-state index is -1.50. The summed E-state index contributed by atoms with van der Waals surface area (Å²) >= 11 is 0. The average molecular weight is 874 g/mol. The van der Waals surface area contributed by atoms with Crippen molar-refractivity contribution in [2.75, 3.05) is 19.8 Å². The van der Waals surface area contributed by atoms with Gasteiger partial charge in [0.1, 0.15) is 18.3 Å².